The molecule has 0 aromatic carbocycles. The van der Waals surface area contributed by atoms with Crippen molar-refractivity contribution >= 4 is 22.7 Å². The number of carboxylic acids is 1. The van der Waals surface area contributed by atoms with E-state index in [0.29, 0.717) is 17.3 Å². The van der Waals surface area contributed by atoms with Gasteiger partial charge in [-0.25, -0.2) is 9.78 Å². The van der Waals surface area contributed by atoms with E-state index in [1.54, 1.807) is 29.8 Å². The fourth-order valence-electron chi connectivity index (χ4n) is 2.95. The largest absolute Gasteiger partial charge is 0.490 e. The Labute approximate surface area is 164 Å². The van der Waals surface area contributed by atoms with Crippen LogP contribution in [0.2, 0.25) is 0 Å². The van der Waals surface area contributed by atoms with Crippen LogP contribution in [0.15, 0.2) is 23.0 Å². The second kappa shape index (κ2) is 8.48. The molecule has 0 amide bonds. The van der Waals surface area contributed by atoms with Gasteiger partial charge in [0, 0.05) is 38.3 Å². The van der Waals surface area contributed by atoms with Gasteiger partial charge in [0.1, 0.15) is 17.3 Å². The number of alkyl halides is 3. The second-order valence-corrected chi connectivity index (χ2v) is 6.72. The molecule has 3 rings (SSSR count). The summed E-state index contributed by atoms with van der Waals surface area (Å²) in [5.74, 6) is -2.76. The molecule has 2 aromatic heterocycles. The number of nitrogens with one attached hydrogen (secondary N) is 1. The van der Waals surface area contributed by atoms with Crippen LogP contribution in [-0.2, 0) is 11.8 Å². The minimum atomic E-state index is -5.08. The van der Waals surface area contributed by atoms with Crippen LogP contribution in [0.4, 0.5) is 18.9 Å². The van der Waals surface area contributed by atoms with Gasteiger partial charge in [-0.15, -0.1) is 0 Å². The molecule has 0 unspecified atom stereocenters. The molecular formula is C18H20F3N5O3. The number of nitrogens with zero attached hydrogens (tertiary/aromatic N) is 4. The van der Waals surface area contributed by atoms with E-state index >= 15 is 0 Å². The van der Waals surface area contributed by atoms with Gasteiger partial charge in [-0.1, -0.05) is 0 Å². The maximum absolute atomic E-state index is 12.3. The number of aryl methyl sites for hydroxylation is 1. The van der Waals surface area contributed by atoms with Gasteiger partial charge in [0.05, 0.1) is 11.2 Å². The predicted octanol–water partition coefficient (Wildman–Crippen LogP) is 1.63. The molecule has 0 aliphatic carbocycles. The van der Waals surface area contributed by atoms with Crippen molar-refractivity contribution in [3.05, 3.63) is 34.2 Å². The lowest BCUT2D eigenvalue weighted by Crippen LogP contribution is -2.54. The first-order valence-electron chi connectivity index (χ1n) is 8.66. The lowest BCUT2D eigenvalue weighted by molar-refractivity contribution is -0.192. The zero-order chi connectivity index (χ0) is 21.9. The number of aromatic nitrogens is 2. The Morgan fingerprint density at radius 1 is 1.38 bits per heavy atom. The lowest BCUT2D eigenvalue weighted by Gasteiger charge is -2.39. The summed E-state index contributed by atoms with van der Waals surface area (Å²) >= 11 is 0. The van der Waals surface area contributed by atoms with Gasteiger partial charge in [0.25, 0.3) is 5.56 Å². The zero-order valence-corrected chi connectivity index (χ0v) is 16.0. The molecule has 1 aliphatic rings. The standard InChI is InChI=1S/C16H19N5O.C2HF3O2/c1-10-9-21(11(2)8-18-10)14-6-15(22)20(3)13-5-4-12(7-17)19-16(13)14;3-2(4,5)1(6)7/h4-6,10-11,18H,8-9H2,1-3H3;(H,6,7)/t10-,11+;/m1./s1. The zero-order valence-electron chi connectivity index (χ0n) is 16.0. The van der Waals surface area contributed by atoms with Gasteiger partial charge >= 0.3 is 12.1 Å². The maximum Gasteiger partial charge on any atom is 0.490 e. The summed E-state index contributed by atoms with van der Waals surface area (Å²) in [4.78, 5) is 27.8. The third-order valence-corrected chi connectivity index (χ3v) is 4.50. The van der Waals surface area contributed by atoms with Crippen molar-refractivity contribution in [3.63, 3.8) is 0 Å². The van der Waals surface area contributed by atoms with Gasteiger partial charge in [-0.2, -0.15) is 18.4 Å². The molecule has 29 heavy (non-hydrogen) atoms. The van der Waals surface area contributed by atoms with E-state index < -0.39 is 12.1 Å². The highest BCUT2D eigenvalue weighted by atomic mass is 19.4. The van der Waals surface area contributed by atoms with Crippen molar-refractivity contribution in [3.8, 4) is 6.07 Å². The molecule has 8 nitrogen and oxygen atoms in total. The summed E-state index contributed by atoms with van der Waals surface area (Å²) in [6.07, 6.45) is -5.08. The normalized spacial score (nSPS) is 19.3. The average Bonchev–Trinajstić information content (AvgIpc) is 2.66. The number of hydrogen-bond acceptors (Lipinski definition) is 6. The fourth-order valence-corrected chi connectivity index (χ4v) is 2.95. The lowest BCUT2D eigenvalue weighted by atomic mass is 10.1. The van der Waals surface area contributed by atoms with E-state index in [-0.39, 0.29) is 11.6 Å². The second-order valence-electron chi connectivity index (χ2n) is 6.72. The van der Waals surface area contributed by atoms with Crippen LogP contribution in [0, 0.1) is 11.3 Å². The summed E-state index contributed by atoms with van der Waals surface area (Å²) in [5.41, 5.74) is 2.58. The van der Waals surface area contributed by atoms with E-state index in [4.69, 9.17) is 15.2 Å². The third kappa shape index (κ3) is 5.03. The van der Waals surface area contributed by atoms with Crippen LogP contribution in [-0.4, -0.2) is 52.0 Å². The molecule has 3 heterocycles. The van der Waals surface area contributed by atoms with Crippen LogP contribution in [0.25, 0.3) is 11.0 Å². The number of fused-ring (bicyclic) bond motifs is 1. The van der Waals surface area contributed by atoms with Crippen molar-refractivity contribution in [2.24, 2.45) is 7.05 Å². The quantitative estimate of drug-likeness (QED) is 0.734. The van der Waals surface area contributed by atoms with Crippen LogP contribution >= 0.6 is 0 Å². The summed E-state index contributed by atoms with van der Waals surface area (Å²) in [6, 6.07) is 7.75. The molecule has 0 radical (unpaired) electrons. The monoisotopic (exact) mass is 411 g/mol. The Balaban J connectivity index is 0.000000370. The first-order valence-corrected chi connectivity index (χ1v) is 8.66. The Kier molecular flexibility index (Phi) is 6.48. The molecule has 0 bridgehead atoms. The van der Waals surface area contributed by atoms with Crippen LogP contribution < -0.4 is 15.8 Å². The summed E-state index contributed by atoms with van der Waals surface area (Å²) in [5, 5.41) is 19.7. The van der Waals surface area contributed by atoms with Crippen molar-refractivity contribution in [2.75, 3.05) is 18.0 Å². The summed E-state index contributed by atoms with van der Waals surface area (Å²) < 4.78 is 33.3. The highest BCUT2D eigenvalue weighted by Gasteiger charge is 2.38. The fraction of sp³-hybridized carbons (Fsp3) is 0.444. The molecule has 1 aliphatic heterocycles. The van der Waals surface area contributed by atoms with E-state index in [2.05, 4.69) is 35.1 Å². The highest BCUT2D eigenvalue weighted by molar-refractivity contribution is 5.89. The Bertz CT molecular complexity index is 1010. The summed E-state index contributed by atoms with van der Waals surface area (Å²) in [6.45, 7) is 5.91. The van der Waals surface area contributed by atoms with Crippen molar-refractivity contribution in [2.45, 2.75) is 32.1 Å². The highest BCUT2D eigenvalue weighted by Crippen LogP contribution is 2.26. The number of rotatable bonds is 1. The molecule has 0 saturated carbocycles. The number of halogens is 3. The first-order chi connectivity index (χ1) is 13.5. The maximum atomic E-state index is 12.3. The van der Waals surface area contributed by atoms with Crippen molar-refractivity contribution in [1.82, 2.24) is 14.9 Å². The van der Waals surface area contributed by atoms with E-state index in [1.165, 1.54) is 0 Å². The van der Waals surface area contributed by atoms with E-state index in [1.807, 2.05) is 0 Å². The number of anilines is 1. The van der Waals surface area contributed by atoms with Crippen LogP contribution in [0.3, 0.4) is 0 Å². The molecule has 1 saturated heterocycles. The topological polar surface area (TPSA) is 111 Å². The van der Waals surface area contributed by atoms with Gasteiger partial charge in [-0.05, 0) is 26.0 Å². The summed E-state index contributed by atoms with van der Waals surface area (Å²) in [7, 11) is 1.73. The van der Waals surface area contributed by atoms with Crippen LogP contribution in [0.1, 0.15) is 19.5 Å². The van der Waals surface area contributed by atoms with E-state index in [0.717, 1.165) is 24.3 Å². The smallest absolute Gasteiger partial charge is 0.475 e. The molecule has 156 valence electrons. The molecule has 0 spiro atoms. The molecule has 1 fully saturated rings. The Morgan fingerprint density at radius 3 is 2.55 bits per heavy atom. The third-order valence-electron chi connectivity index (χ3n) is 4.50. The van der Waals surface area contributed by atoms with Crippen LogP contribution in [0.5, 0.6) is 0 Å². The van der Waals surface area contributed by atoms with Gasteiger partial charge < -0.3 is 19.9 Å². The Morgan fingerprint density at radius 2 is 2.00 bits per heavy atom. The molecule has 11 heteroatoms. The Hall–Kier alpha value is -3.13. The number of carboxylic acid groups (broad SMARTS) is 1. The van der Waals surface area contributed by atoms with Crippen molar-refractivity contribution in [1.29, 1.82) is 5.26 Å². The molecular weight excluding hydrogens is 391 g/mol. The number of hydrogen-bond donors (Lipinski definition) is 2. The average molecular weight is 411 g/mol. The molecule has 2 atom stereocenters. The number of pyridine rings is 2. The number of aliphatic carboxylic acids is 1. The molecule has 2 aromatic rings. The van der Waals surface area contributed by atoms with E-state index in [9.17, 15) is 18.0 Å². The van der Waals surface area contributed by atoms with Gasteiger partial charge in [0.2, 0.25) is 0 Å². The first kappa shape index (κ1) is 22.2. The minimum Gasteiger partial charge on any atom is -0.475 e. The number of carbonyl (C=O) groups is 1. The SMILES string of the molecule is C[C@@H]1CN(c2cc(=O)n(C)c3ccc(C#N)nc23)[C@@H](C)CN1.O=C(O)C(F)(F)F. The molecule has 2 N–H and O–H groups in total. The van der Waals surface area contributed by atoms with Crippen molar-refractivity contribution < 1.29 is 23.1 Å². The van der Waals surface area contributed by atoms with Gasteiger partial charge in [-0.3, -0.25) is 4.79 Å². The predicted molar refractivity (Wildman–Crippen MR) is 99.7 cm³/mol. The number of piperazine rings is 1. The minimum absolute atomic E-state index is 0.0626. The van der Waals surface area contributed by atoms with Gasteiger partial charge in [0.15, 0.2) is 0 Å². The number of nitriles is 1.